The van der Waals surface area contributed by atoms with Gasteiger partial charge in [-0.05, 0) is 55.7 Å². The number of hydrogen-bond donors (Lipinski definition) is 1. The van der Waals surface area contributed by atoms with Gasteiger partial charge in [0.05, 0.1) is 44.5 Å². The Hall–Kier alpha value is -4.64. The molecule has 0 bridgehead atoms. The zero-order valence-electron chi connectivity index (χ0n) is 24.1. The second-order valence-corrected chi connectivity index (χ2v) is 10.2. The van der Waals surface area contributed by atoms with Crippen LogP contribution in [0.4, 0.5) is 5.69 Å². The highest BCUT2D eigenvalue weighted by molar-refractivity contribution is 6.30. The Bertz CT molecular complexity index is 1730. The van der Waals surface area contributed by atoms with Crippen molar-refractivity contribution in [1.82, 2.24) is 24.9 Å². The number of carbonyl (C=O) groups is 1. The SMILES string of the molecule is CCOC(=O)c1nn(-c2cnc(OC)nc2OC)c(C(C)C)c1C(Nc1ccc2onc(C)c2c1)c1ccc(Cl)cc1. The van der Waals surface area contributed by atoms with Crippen LogP contribution in [0, 0.1) is 6.92 Å². The summed E-state index contributed by atoms with van der Waals surface area (Å²) >= 11 is 6.27. The summed E-state index contributed by atoms with van der Waals surface area (Å²) in [5, 5.41) is 14.0. The Morgan fingerprint density at radius 2 is 1.88 bits per heavy atom. The minimum Gasteiger partial charge on any atom is -0.479 e. The predicted octanol–water partition coefficient (Wildman–Crippen LogP) is 6.28. The number of methoxy groups -OCH3 is 2. The molecule has 12 heteroatoms. The number of esters is 1. The molecule has 0 radical (unpaired) electrons. The van der Waals surface area contributed by atoms with E-state index in [1.807, 2.05) is 63.2 Å². The Labute approximate surface area is 247 Å². The molecule has 0 aliphatic rings. The third kappa shape index (κ3) is 5.47. The molecule has 0 aliphatic heterocycles. The first-order valence-electron chi connectivity index (χ1n) is 13.4. The molecule has 2 aromatic carbocycles. The normalized spacial score (nSPS) is 12.0. The van der Waals surface area contributed by atoms with Crippen LogP contribution < -0.4 is 14.8 Å². The number of ether oxygens (including phenoxy) is 3. The van der Waals surface area contributed by atoms with E-state index in [2.05, 4.69) is 20.4 Å². The number of carbonyl (C=O) groups excluding carboxylic acids is 1. The monoisotopic (exact) mass is 590 g/mol. The van der Waals surface area contributed by atoms with Crippen molar-refractivity contribution in [2.24, 2.45) is 0 Å². The molecule has 0 spiro atoms. The van der Waals surface area contributed by atoms with Crippen LogP contribution in [0.3, 0.4) is 0 Å². The Balaban J connectivity index is 1.78. The third-order valence-electron chi connectivity index (χ3n) is 6.75. The summed E-state index contributed by atoms with van der Waals surface area (Å²) in [5.74, 6) is -0.438. The topological polar surface area (TPSA) is 126 Å². The van der Waals surface area contributed by atoms with Crippen molar-refractivity contribution < 1.29 is 23.5 Å². The van der Waals surface area contributed by atoms with E-state index >= 15 is 0 Å². The van der Waals surface area contributed by atoms with Gasteiger partial charge < -0.3 is 24.1 Å². The summed E-state index contributed by atoms with van der Waals surface area (Å²) in [6.45, 7) is 7.86. The lowest BCUT2D eigenvalue weighted by molar-refractivity contribution is 0.0517. The van der Waals surface area contributed by atoms with Crippen LogP contribution in [0.25, 0.3) is 16.7 Å². The van der Waals surface area contributed by atoms with Crippen molar-refractivity contribution in [1.29, 1.82) is 0 Å². The highest BCUT2D eigenvalue weighted by atomic mass is 35.5. The lowest BCUT2D eigenvalue weighted by Crippen LogP contribution is -2.19. The van der Waals surface area contributed by atoms with Gasteiger partial charge in [-0.2, -0.15) is 10.1 Å². The number of fused-ring (bicyclic) bond motifs is 1. The maximum Gasteiger partial charge on any atom is 0.359 e. The highest BCUT2D eigenvalue weighted by Crippen LogP contribution is 2.38. The number of rotatable bonds is 10. The lowest BCUT2D eigenvalue weighted by atomic mass is 9.92. The Morgan fingerprint density at radius 3 is 2.55 bits per heavy atom. The number of hydrogen-bond acceptors (Lipinski definition) is 10. The fraction of sp³-hybridized carbons (Fsp3) is 0.300. The van der Waals surface area contributed by atoms with E-state index < -0.39 is 12.0 Å². The van der Waals surface area contributed by atoms with Crippen LogP contribution in [0.15, 0.2) is 53.2 Å². The zero-order chi connectivity index (χ0) is 30.0. The van der Waals surface area contributed by atoms with Gasteiger partial charge in [-0.3, -0.25) is 0 Å². The molecule has 1 unspecified atom stereocenters. The number of nitrogens with one attached hydrogen (secondary N) is 1. The number of aryl methyl sites for hydroxylation is 1. The summed E-state index contributed by atoms with van der Waals surface area (Å²) in [5.41, 5.74) is 5.04. The standard InChI is InChI=1S/C30H31ClN6O5/c1-7-41-29(38)26-24(27(16(2)3)37(35-26)22-15-32-30(40-6)34-28(22)39-5)25(18-8-10-19(31)11-9-18)33-20-12-13-23-21(14-20)17(4)36-42-23/h8-16,25,33H,7H2,1-6H3. The molecule has 0 saturated heterocycles. The van der Waals surface area contributed by atoms with E-state index in [9.17, 15) is 4.79 Å². The van der Waals surface area contributed by atoms with Crippen LogP contribution in [-0.2, 0) is 4.74 Å². The quantitative estimate of drug-likeness (QED) is 0.185. The third-order valence-corrected chi connectivity index (χ3v) is 7.00. The first kappa shape index (κ1) is 28.9. The summed E-state index contributed by atoms with van der Waals surface area (Å²) in [7, 11) is 2.97. The summed E-state index contributed by atoms with van der Waals surface area (Å²) in [6, 6.07) is 12.8. The van der Waals surface area contributed by atoms with Crippen molar-refractivity contribution >= 4 is 34.2 Å². The Kier molecular flexibility index (Phi) is 8.30. The molecular weight excluding hydrogens is 560 g/mol. The smallest absolute Gasteiger partial charge is 0.359 e. The van der Waals surface area contributed by atoms with Gasteiger partial charge in [-0.1, -0.05) is 42.7 Å². The van der Waals surface area contributed by atoms with Crippen LogP contribution in [0.2, 0.25) is 5.02 Å². The van der Waals surface area contributed by atoms with Gasteiger partial charge in [0.2, 0.25) is 5.88 Å². The molecule has 42 heavy (non-hydrogen) atoms. The molecule has 5 rings (SSSR count). The molecular formula is C30H31ClN6O5. The summed E-state index contributed by atoms with van der Waals surface area (Å²) in [4.78, 5) is 22.1. The molecule has 0 amide bonds. The first-order valence-corrected chi connectivity index (χ1v) is 13.8. The van der Waals surface area contributed by atoms with Crippen molar-refractivity contribution in [2.75, 3.05) is 26.1 Å². The fourth-order valence-corrected chi connectivity index (χ4v) is 4.97. The number of halogens is 1. The number of anilines is 1. The number of benzene rings is 2. The largest absolute Gasteiger partial charge is 0.479 e. The van der Waals surface area contributed by atoms with Gasteiger partial charge in [0.15, 0.2) is 11.3 Å². The molecule has 218 valence electrons. The van der Waals surface area contributed by atoms with Gasteiger partial charge in [0.25, 0.3) is 0 Å². The van der Waals surface area contributed by atoms with Gasteiger partial charge in [-0.25, -0.2) is 14.5 Å². The molecule has 5 aromatic rings. The zero-order valence-corrected chi connectivity index (χ0v) is 24.9. The Morgan fingerprint density at radius 1 is 1.12 bits per heavy atom. The van der Waals surface area contributed by atoms with E-state index in [4.69, 9.17) is 35.4 Å². The predicted molar refractivity (Wildman–Crippen MR) is 158 cm³/mol. The molecule has 11 nitrogen and oxygen atoms in total. The van der Waals surface area contributed by atoms with Crippen LogP contribution >= 0.6 is 11.6 Å². The lowest BCUT2D eigenvalue weighted by Gasteiger charge is -2.24. The molecule has 1 N–H and O–H groups in total. The minimum atomic E-state index is -0.562. The second-order valence-electron chi connectivity index (χ2n) is 9.79. The maximum absolute atomic E-state index is 13.5. The van der Waals surface area contributed by atoms with E-state index in [-0.39, 0.29) is 30.1 Å². The van der Waals surface area contributed by atoms with Crippen molar-refractivity contribution in [3.8, 4) is 17.6 Å². The fourth-order valence-electron chi connectivity index (χ4n) is 4.85. The second kappa shape index (κ2) is 12.1. The summed E-state index contributed by atoms with van der Waals surface area (Å²) < 4.78 is 23.3. The molecule has 0 fully saturated rings. The van der Waals surface area contributed by atoms with Crippen LogP contribution in [-0.4, -0.2) is 51.7 Å². The van der Waals surface area contributed by atoms with E-state index in [0.29, 0.717) is 21.9 Å². The average molecular weight is 591 g/mol. The minimum absolute atomic E-state index is 0.109. The van der Waals surface area contributed by atoms with Crippen molar-refractivity contribution in [3.05, 3.63) is 81.9 Å². The van der Waals surface area contributed by atoms with E-state index in [1.54, 1.807) is 17.8 Å². The maximum atomic E-state index is 13.5. The molecule has 3 heterocycles. The van der Waals surface area contributed by atoms with E-state index in [1.165, 1.54) is 14.2 Å². The molecule has 1 atom stereocenters. The summed E-state index contributed by atoms with van der Waals surface area (Å²) in [6.07, 6.45) is 1.55. The highest BCUT2D eigenvalue weighted by Gasteiger charge is 2.33. The molecule has 0 saturated carbocycles. The van der Waals surface area contributed by atoms with Gasteiger partial charge in [0, 0.05) is 21.7 Å². The number of nitrogens with zero attached hydrogens (tertiary/aromatic N) is 5. The van der Waals surface area contributed by atoms with Crippen molar-refractivity contribution in [3.63, 3.8) is 0 Å². The molecule has 3 aromatic heterocycles. The molecule has 0 aliphatic carbocycles. The van der Waals surface area contributed by atoms with Gasteiger partial charge >= 0.3 is 12.0 Å². The van der Waals surface area contributed by atoms with E-state index in [0.717, 1.165) is 28.0 Å². The first-order chi connectivity index (χ1) is 20.2. The number of aromatic nitrogens is 5. The van der Waals surface area contributed by atoms with Gasteiger partial charge in [0.1, 0.15) is 5.69 Å². The average Bonchev–Trinajstić information content (AvgIpc) is 3.57. The van der Waals surface area contributed by atoms with Gasteiger partial charge in [-0.15, -0.1) is 0 Å². The van der Waals surface area contributed by atoms with Crippen LogP contribution in [0.5, 0.6) is 11.9 Å². The van der Waals surface area contributed by atoms with Crippen LogP contribution in [0.1, 0.15) is 65.7 Å². The van der Waals surface area contributed by atoms with Crippen molar-refractivity contribution in [2.45, 2.75) is 39.7 Å².